The minimum absolute atomic E-state index is 0.0876. The molecule has 3 heterocycles. The van der Waals surface area contributed by atoms with Crippen molar-refractivity contribution in [3.63, 3.8) is 0 Å². The highest BCUT2D eigenvalue weighted by molar-refractivity contribution is 5.80. The molecule has 130 valence electrons. The number of aromatic nitrogens is 3. The molecule has 2 aromatic rings. The SMILES string of the molecule is Cc1cc(C)n([C@@H](C)C(=O)N2CCN(c3cc(C#N)ccn3)CC2)n1. The number of nitrogens with zero attached hydrogens (tertiary/aromatic N) is 6. The van der Waals surface area contributed by atoms with Gasteiger partial charge in [-0.25, -0.2) is 4.98 Å². The van der Waals surface area contributed by atoms with Crippen molar-refractivity contribution in [2.24, 2.45) is 0 Å². The fourth-order valence-electron chi connectivity index (χ4n) is 3.22. The summed E-state index contributed by atoms with van der Waals surface area (Å²) >= 11 is 0. The number of aryl methyl sites for hydroxylation is 2. The first-order chi connectivity index (χ1) is 12.0. The van der Waals surface area contributed by atoms with E-state index in [1.165, 1.54) is 0 Å². The Bertz CT molecular complexity index is 813. The predicted molar refractivity (Wildman–Crippen MR) is 94.2 cm³/mol. The molecule has 2 aromatic heterocycles. The molecule has 0 radical (unpaired) electrons. The largest absolute Gasteiger partial charge is 0.353 e. The van der Waals surface area contributed by atoms with Crippen LogP contribution >= 0.6 is 0 Å². The van der Waals surface area contributed by atoms with Crippen molar-refractivity contribution in [2.75, 3.05) is 31.1 Å². The standard InChI is InChI=1S/C18H22N6O/c1-13-10-14(2)24(21-13)15(3)18(25)23-8-6-22(7-9-23)17-11-16(12-19)4-5-20-17/h4-5,10-11,15H,6-9H2,1-3H3/t15-/m0/s1. The zero-order chi connectivity index (χ0) is 18.0. The van der Waals surface area contributed by atoms with Crippen LogP contribution in [0.15, 0.2) is 24.4 Å². The zero-order valence-electron chi connectivity index (χ0n) is 14.8. The Morgan fingerprint density at radius 3 is 2.56 bits per heavy atom. The number of anilines is 1. The monoisotopic (exact) mass is 338 g/mol. The van der Waals surface area contributed by atoms with Gasteiger partial charge in [0, 0.05) is 38.1 Å². The third-order valence-electron chi connectivity index (χ3n) is 4.56. The van der Waals surface area contributed by atoms with Gasteiger partial charge in [0.15, 0.2) is 0 Å². The molecular weight excluding hydrogens is 316 g/mol. The highest BCUT2D eigenvalue weighted by Crippen LogP contribution is 2.18. The molecule has 0 N–H and O–H groups in total. The molecule has 1 aliphatic rings. The van der Waals surface area contributed by atoms with Crippen LogP contribution < -0.4 is 4.90 Å². The molecule has 0 bridgehead atoms. The second-order valence-corrected chi connectivity index (χ2v) is 6.37. The van der Waals surface area contributed by atoms with E-state index in [1.54, 1.807) is 23.0 Å². The average molecular weight is 338 g/mol. The molecule has 0 aliphatic carbocycles. The molecule has 0 saturated carbocycles. The Morgan fingerprint density at radius 1 is 1.24 bits per heavy atom. The van der Waals surface area contributed by atoms with Gasteiger partial charge in [-0.1, -0.05) is 0 Å². The summed E-state index contributed by atoms with van der Waals surface area (Å²) in [5.41, 5.74) is 2.52. The molecule has 1 aliphatic heterocycles. The van der Waals surface area contributed by atoms with E-state index < -0.39 is 0 Å². The van der Waals surface area contributed by atoms with Crippen LogP contribution in [0, 0.1) is 25.2 Å². The maximum absolute atomic E-state index is 12.8. The van der Waals surface area contributed by atoms with Crippen molar-refractivity contribution >= 4 is 11.7 Å². The molecule has 1 atom stereocenters. The summed E-state index contributed by atoms with van der Waals surface area (Å²) in [6.07, 6.45) is 1.65. The summed E-state index contributed by atoms with van der Waals surface area (Å²) in [5.74, 6) is 0.877. The summed E-state index contributed by atoms with van der Waals surface area (Å²) in [6, 6.07) is 7.29. The molecule has 0 spiro atoms. The quantitative estimate of drug-likeness (QED) is 0.851. The second-order valence-electron chi connectivity index (χ2n) is 6.37. The van der Waals surface area contributed by atoms with Crippen molar-refractivity contribution in [3.8, 4) is 6.07 Å². The third-order valence-corrected chi connectivity index (χ3v) is 4.56. The normalized spacial score (nSPS) is 15.8. The number of nitriles is 1. The van der Waals surface area contributed by atoms with Gasteiger partial charge in [-0.05, 0) is 39.0 Å². The lowest BCUT2D eigenvalue weighted by molar-refractivity contribution is -0.134. The molecule has 0 unspecified atom stereocenters. The third kappa shape index (κ3) is 3.48. The number of hydrogen-bond donors (Lipinski definition) is 0. The maximum atomic E-state index is 12.8. The van der Waals surface area contributed by atoms with Gasteiger partial charge in [-0.2, -0.15) is 10.4 Å². The Labute approximate surface area is 147 Å². The number of rotatable bonds is 3. The lowest BCUT2D eigenvalue weighted by atomic mass is 10.2. The van der Waals surface area contributed by atoms with E-state index >= 15 is 0 Å². The summed E-state index contributed by atoms with van der Waals surface area (Å²) < 4.78 is 1.79. The van der Waals surface area contributed by atoms with E-state index in [-0.39, 0.29) is 11.9 Å². The molecule has 1 fully saturated rings. The Balaban J connectivity index is 1.64. The van der Waals surface area contributed by atoms with Crippen LogP contribution in [0.2, 0.25) is 0 Å². The highest BCUT2D eigenvalue weighted by atomic mass is 16.2. The maximum Gasteiger partial charge on any atom is 0.247 e. The number of carbonyl (C=O) groups is 1. The second kappa shape index (κ2) is 6.93. The van der Waals surface area contributed by atoms with Crippen molar-refractivity contribution in [2.45, 2.75) is 26.8 Å². The molecule has 7 nitrogen and oxygen atoms in total. The van der Waals surface area contributed by atoms with Gasteiger partial charge in [0.25, 0.3) is 0 Å². The number of piperazine rings is 1. The zero-order valence-corrected chi connectivity index (χ0v) is 14.8. The van der Waals surface area contributed by atoms with Crippen LogP contribution in [0.1, 0.15) is 29.9 Å². The van der Waals surface area contributed by atoms with E-state index in [1.807, 2.05) is 31.7 Å². The summed E-state index contributed by atoms with van der Waals surface area (Å²) in [4.78, 5) is 21.1. The topological polar surface area (TPSA) is 78.0 Å². The number of pyridine rings is 1. The molecule has 1 saturated heterocycles. The van der Waals surface area contributed by atoms with E-state index in [9.17, 15) is 4.79 Å². The Hall–Kier alpha value is -2.88. The van der Waals surface area contributed by atoms with E-state index in [0.29, 0.717) is 31.7 Å². The van der Waals surface area contributed by atoms with Gasteiger partial charge >= 0.3 is 0 Å². The van der Waals surface area contributed by atoms with Gasteiger partial charge < -0.3 is 9.80 Å². The van der Waals surface area contributed by atoms with E-state index in [4.69, 9.17) is 5.26 Å². The number of amides is 1. The van der Waals surface area contributed by atoms with Crippen LogP contribution in [0.4, 0.5) is 5.82 Å². The first-order valence-electron chi connectivity index (χ1n) is 8.42. The summed E-state index contributed by atoms with van der Waals surface area (Å²) in [6.45, 7) is 8.49. The molecule has 7 heteroatoms. The van der Waals surface area contributed by atoms with Crippen LogP contribution in [0.25, 0.3) is 0 Å². The highest BCUT2D eigenvalue weighted by Gasteiger charge is 2.27. The van der Waals surface area contributed by atoms with Crippen LogP contribution in [0.5, 0.6) is 0 Å². The van der Waals surface area contributed by atoms with Crippen molar-refractivity contribution < 1.29 is 4.79 Å². The van der Waals surface area contributed by atoms with Crippen molar-refractivity contribution in [3.05, 3.63) is 41.3 Å². The Kier molecular flexibility index (Phi) is 4.70. The summed E-state index contributed by atoms with van der Waals surface area (Å²) in [7, 11) is 0. The van der Waals surface area contributed by atoms with Crippen LogP contribution in [-0.2, 0) is 4.79 Å². The first kappa shape index (κ1) is 17.0. The van der Waals surface area contributed by atoms with Crippen LogP contribution in [-0.4, -0.2) is 51.8 Å². The molecule has 25 heavy (non-hydrogen) atoms. The lowest BCUT2D eigenvalue weighted by Gasteiger charge is -2.36. The molecule has 1 amide bonds. The molecule has 3 rings (SSSR count). The smallest absolute Gasteiger partial charge is 0.247 e. The average Bonchev–Trinajstić information content (AvgIpc) is 2.99. The van der Waals surface area contributed by atoms with Gasteiger partial charge in [0.05, 0.1) is 17.3 Å². The molecule has 0 aromatic carbocycles. The summed E-state index contributed by atoms with van der Waals surface area (Å²) in [5, 5.41) is 13.4. The first-order valence-corrected chi connectivity index (χ1v) is 8.42. The molecular formula is C18H22N6O. The van der Waals surface area contributed by atoms with Gasteiger partial charge in [0.1, 0.15) is 11.9 Å². The van der Waals surface area contributed by atoms with E-state index in [0.717, 1.165) is 17.2 Å². The van der Waals surface area contributed by atoms with Crippen molar-refractivity contribution in [1.82, 2.24) is 19.7 Å². The van der Waals surface area contributed by atoms with Gasteiger partial charge in [-0.15, -0.1) is 0 Å². The van der Waals surface area contributed by atoms with E-state index in [2.05, 4.69) is 21.1 Å². The minimum Gasteiger partial charge on any atom is -0.353 e. The van der Waals surface area contributed by atoms with Crippen molar-refractivity contribution in [1.29, 1.82) is 5.26 Å². The minimum atomic E-state index is -0.305. The van der Waals surface area contributed by atoms with Gasteiger partial charge in [0.2, 0.25) is 5.91 Å². The van der Waals surface area contributed by atoms with Crippen LogP contribution in [0.3, 0.4) is 0 Å². The Morgan fingerprint density at radius 2 is 1.96 bits per heavy atom. The number of carbonyl (C=O) groups excluding carboxylic acids is 1. The predicted octanol–water partition coefficient (Wildman–Crippen LogP) is 1.68. The fraction of sp³-hybridized carbons (Fsp3) is 0.444. The van der Waals surface area contributed by atoms with Gasteiger partial charge in [-0.3, -0.25) is 9.48 Å². The fourth-order valence-corrected chi connectivity index (χ4v) is 3.22. The lowest BCUT2D eigenvalue weighted by Crippen LogP contribution is -2.50. The number of hydrogen-bond acceptors (Lipinski definition) is 5.